The number of hydrogen-bond acceptors (Lipinski definition) is 3. The summed E-state index contributed by atoms with van der Waals surface area (Å²) in [5.74, 6) is 0.526. The highest BCUT2D eigenvalue weighted by atomic mass is 35.5. The molecule has 116 valence electrons. The van der Waals surface area contributed by atoms with Gasteiger partial charge in [-0.2, -0.15) is 0 Å². The molecule has 22 heavy (non-hydrogen) atoms. The molecule has 0 bridgehead atoms. The van der Waals surface area contributed by atoms with E-state index in [4.69, 9.17) is 16.3 Å². The van der Waals surface area contributed by atoms with E-state index in [9.17, 15) is 9.59 Å². The minimum absolute atomic E-state index is 0.00430. The molecule has 1 aromatic carbocycles. The lowest BCUT2D eigenvalue weighted by atomic mass is 10.2. The van der Waals surface area contributed by atoms with Gasteiger partial charge in [-0.05, 0) is 31.5 Å². The maximum Gasteiger partial charge on any atom is 0.266 e. The number of carbonyl (C=O) groups excluding carboxylic acids is 1. The standard InChI is InChI=1S/C16H17ClN2O3/c1-11-3-5-13(6-4-11)22-8-2-7-18-15(20)12-9-14(17)16(21)19-10-12/h3-6,9-10H,2,7-8H2,1H3,(H,18,20)(H,19,21). The van der Waals surface area contributed by atoms with Crippen molar-refractivity contribution in [3.8, 4) is 5.75 Å². The van der Waals surface area contributed by atoms with E-state index in [0.717, 1.165) is 5.75 Å². The number of aromatic amines is 1. The van der Waals surface area contributed by atoms with Crippen LogP contribution in [0.2, 0.25) is 5.02 Å². The zero-order chi connectivity index (χ0) is 15.9. The molecule has 1 amide bonds. The number of amides is 1. The molecule has 2 N–H and O–H groups in total. The average molecular weight is 321 g/mol. The van der Waals surface area contributed by atoms with Crippen LogP contribution in [0.5, 0.6) is 5.75 Å². The number of hydrogen-bond donors (Lipinski definition) is 2. The minimum atomic E-state index is -0.412. The highest BCUT2D eigenvalue weighted by Gasteiger charge is 2.07. The van der Waals surface area contributed by atoms with Gasteiger partial charge in [-0.1, -0.05) is 29.3 Å². The molecule has 0 aliphatic rings. The van der Waals surface area contributed by atoms with E-state index in [2.05, 4.69) is 10.3 Å². The average Bonchev–Trinajstić information content (AvgIpc) is 2.51. The van der Waals surface area contributed by atoms with Gasteiger partial charge in [-0.3, -0.25) is 9.59 Å². The normalized spacial score (nSPS) is 10.3. The van der Waals surface area contributed by atoms with Gasteiger partial charge >= 0.3 is 0 Å². The number of halogens is 1. The molecule has 0 aliphatic heterocycles. The van der Waals surface area contributed by atoms with Crippen molar-refractivity contribution in [2.24, 2.45) is 0 Å². The molecule has 0 saturated carbocycles. The Hall–Kier alpha value is -2.27. The molecule has 0 atom stereocenters. The van der Waals surface area contributed by atoms with Gasteiger partial charge in [0.15, 0.2) is 0 Å². The quantitative estimate of drug-likeness (QED) is 0.803. The molecular formula is C16H17ClN2O3. The highest BCUT2D eigenvalue weighted by molar-refractivity contribution is 6.30. The zero-order valence-corrected chi connectivity index (χ0v) is 12.9. The Bertz CT molecular complexity index is 695. The van der Waals surface area contributed by atoms with Gasteiger partial charge < -0.3 is 15.0 Å². The van der Waals surface area contributed by atoms with Gasteiger partial charge in [-0.25, -0.2) is 0 Å². The zero-order valence-electron chi connectivity index (χ0n) is 12.2. The van der Waals surface area contributed by atoms with Crippen LogP contribution in [0.25, 0.3) is 0 Å². The number of rotatable bonds is 6. The molecule has 2 aromatic rings. The topological polar surface area (TPSA) is 71.2 Å². The number of nitrogens with one attached hydrogen (secondary N) is 2. The van der Waals surface area contributed by atoms with Crippen molar-refractivity contribution in [3.05, 3.63) is 63.0 Å². The van der Waals surface area contributed by atoms with Crippen LogP contribution in [-0.4, -0.2) is 24.0 Å². The first kappa shape index (κ1) is 16.1. The molecule has 0 unspecified atom stereocenters. The molecule has 1 aromatic heterocycles. The monoisotopic (exact) mass is 320 g/mol. The Morgan fingerprint density at radius 2 is 2.05 bits per heavy atom. The van der Waals surface area contributed by atoms with Crippen LogP contribution in [0.4, 0.5) is 0 Å². The Labute approximate surface area is 133 Å². The summed E-state index contributed by atoms with van der Waals surface area (Å²) in [5.41, 5.74) is 1.09. The summed E-state index contributed by atoms with van der Waals surface area (Å²) in [4.78, 5) is 25.4. The predicted octanol–water partition coefficient (Wildman–Crippen LogP) is 2.54. The van der Waals surface area contributed by atoms with Crippen LogP contribution >= 0.6 is 11.6 Å². The summed E-state index contributed by atoms with van der Waals surface area (Å²) in [7, 11) is 0. The Morgan fingerprint density at radius 3 is 2.73 bits per heavy atom. The number of carbonyl (C=O) groups is 1. The summed E-state index contributed by atoms with van der Waals surface area (Å²) in [6.45, 7) is 3.00. The third kappa shape index (κ3) is 4.63. The maximum atomic E-state index is 11.8. The Kier molecular flexibility index (Phi) is 5.61. The largest absolute Gasteiger partial charge is 0.494 e. The molecule has 0 aliphatic carbocycles. The lowest BCUT2D eigenvalue weighted by Crippen LogP contribution is -2.26. The van der Waals surface area contributed by atoms with E-state index >= 15 is 0 Å². The summed E-state index contributed by atoms with van der Waals surface area (Å²) >= 11 is 5.68. The van der Waals surface area contributed by atoms with Crippen LogP contribution in [0.3, 0.4) is 0 Å². The molecular weight excluding hydrogens is 304 g/mol. The van der Waals surface area contributed by atoms with Crippen LogP contribution in [-0.2, 0) is 0 Å². The van der Waals surface area contributed by atoms with Crippen LogP contribution in [0, 0.1) is 6.92 Å². The summed E-state index contributed by atoms with van der Waals surface area (Å²) in [6, 6.07) is 9.14. The number of benzene rings is 1. The van der Waals surface area contributed by atoms with Crippen molar-refractivity contribution in [1.29, 1.82) is 0 Å². The van der Waals surface area contributed by atoms with Gasteiger partial charge in [0.25, 0.3) is 11.5 Å². The van der Waals surface area contributed by atoms with Gasteiger partial charge in [0.1, 0.15) is 10.8 Å². The fraction of sp³-hybridized carbons (Fsp3) is 0.250. The second-order valence-corrected chi connectivity index (χ2v) is 5.24. The molecule has 0 radical (unpaired) electrons. The Balaban J connectivity index is 1.72. The Morgan fingerprint density at radius 1 is 1.32 bits per heavy atom. The third-order valence-corrected chi connectivity index (χ3v) is 3.30. The maximum absolute atomic E-state index is 11.8. The van der Waals surface area contributed by atoms with Gasteiger partial charge in [-0.15, -0.1) is 0 Å². The van der Waals surface area contributed by atoms with E-state index in [1.165, 1.54) is 17.8 Å². The van der Waals surface area contributed by atoms with Crippen molar-refractivity contribution in [2.45, 2.75) is 13.3 Å². The molecule has 1 heterocycles. The smallest absolute Gasteiger partial charge is 0.266 e. The van der Waals surface area contributed by atoms with E-state index in [-0.39, 0.29) is 10.9 Å². The number of aryl methyl sites for hydroxylation is 1. The molecule has 5 nitrogen and oxygen atoms in total. The fourth-order valence-corrected chi connectivity index (χ4v) is 1.96. The van der Waals surface area contributed by atoms with Crippen LogP contribution in [0.1, 0.15) is 22.3 Å². The third-order valence-electron chi connectivity index (χ3n) is 3.02. The second-order valence-electron chi connectivity index (χ2n) is 4.84. The van der Waals surface area contributed by atoms with E-state index in [0.29, 0.717) is 25.1 Å². The van der Waals surface area contributed by atoms with Crippen molar-refractivity contribution in [2.75, 3.05) is 13.2 Å². The van der Waals surface area contributed by atoms with E-state index < -0.39 is 5.56 Å². The van der Waals surface area contributed by atoms with Crippen molar-refractivity contribution < 1.29 is 9.53 Å². The number of ether oxygens (including phenoxy) is 1. The van der Waals surface area contributed by atoms with Gasteiger partial charge in [0.2, 0.25) is 0 Å². The van der Waals surface area contributed by atoms with Gasteiger partial charge in [0.05, 0.1) is 12.2 Å². The predicted molar refractivity (Wildman–Crippen MR) is 85.7 cm³/mol. The lowest BCUT2D eigenvalue weighted by Gasteiger charge is -2.08. The molecule has 0 saturated heterocycles. The first-order valence-electron chi connectivity index (χ1n) is 6.92. The van der Waals surface area contributed by atoms with Crippen LogP contribution < -0.4 is 15.6 Å². The molecule has 6 heteroatoms. The fourth-order valence-electron chi connectivity index (χ4n) is 1.79. The highest BCUT2D eigenvalue weighted by Crippen LogP contribution is 2.11. The lowest BCUT2D eigenvalue weighted by molar-refractivity contribution is 0.0951. The first-order chi connectivity index (χ1) is 10.6. The first-order valence-corrected chi connectivity index (χ1v) is 7.30. The minimum Gasteiger partial charge on any atom is -0.494 e. The molecule has 0 spiro atoms. The van der Waals surface area contributed by atoms with Crippen molar-refractivity contribution >= 4 is 17.5 Å². The number of aromatic nitrogens is 1. The van der Waals surface area contributed by atoms with Crippen LogP contribution in [0.15, 0.2) is 41.3 Å². The summed E-state index contributed by atoms with van der Waals surface area (Å²) in [6.07, 6.45) is 2.02. The molecule has 2 rings (SSSR count). The second kappa shape index (κ2) is 7.66. The summed E-state index contributed by atoms with van der Waals surface area (Å²) in [5, 5.41) is 2.74. The number of pyridine rings is 1. The van der Waals surface area contributed by atoms with Crippen molar-refractivity contribution in [3.63, 3.8) is 0 Å². The summed E-state index contributed by atoms with van der Waals surface area (Å²) < 4.78 is 5.56. The van der Waals surface area contributed by atoms with Crippen molar-refractivity contribution in [1.82, 2.24) is 10.3 Å². The number of H-pyrrole nitrogens is 1. The SMILES string of the molecule is Cc1ccc(OCCCNC(=O)c2c[nH]c(=O)c(Cl)c2)cc1. The molecule has 0 fully saturated rings. The van der Waals surface area contributed by atoms with E-state index in [1.807, 2.05) is 31.2 Å². The van der Waals surface area contributed by atoms with Gasteiger partial charge in [0, 0.05) is 12.7 Å². The van der Waals surface area contributed by atoms with E-state index in [1.54, 1.807) is 0 Å².